The maximum Gasteiger partial charge on any atom is 0.0437 e. The van der Waals surface area contributed by atoms with Crippen LogP contribution < -0.4 is 4.90 Å². The Balaban J connectivity index is 1.84. The van der Waals surface area contributed by atoms with Gasteiger partial charge in [0.15, 0.2) is 0 Å². The maximum absolute atomic E-state index is 9.21. The van der Waals surface area contributed by atoms with Crippen LogP contribution in [0.1, 0.15) is 23.5 Å². The van der Waals surface area contributed by atoms with Crippen molar-refractivity contribution < 1.29 is 5.11 Å². The van der Waals surface area contributed by atoms with Gasteiger partial charge in [0.2, 0.25) is 0 Å². The number of nitrogens with zero attached hydrogens (tertiary/aromatic N) is 1. The molecule has 0 bridgehead atoms. The number of fused-ring (bicyclic) bond motifs is 1. The minimum absolute atomic E-state index is 0.262. The first kappa shape index (κ1) is 12.2. The number of para-hydroxylation sites is 1. The molecule has 0 aromatic heterocycles. The standard InChI is InChI=1S/C17H19NO/c19-11-10-15-13-18(12-14-6-2-1-3-7-14)17-9-5-4-8-16(15)17/h1-9,15,19H,10-13H2. The lowest BCUT2D eigenvalue weighted by Gasteiger charge is -2.20. The summed E-state index contributed by atoms with van der Waals surface area (Å²) in [6.07, 6.45) is 0.850. The Morgan fingerprint density at radius 3 is 2.53 bits per heavy atom. The van der Waals surface area contributed by atoms with Crippen molar-refractivity contribution in [2.75, 3.05) is 18.1 Å². The average Bonchev–Trinajstić information content (AvgIpc) is 2.79. The van der Waals surface area contributed by atoms with E-state index in [0.717, 1.165) is 19.5 Å². The van der Waals surface area contributed by atoms with E-state index >= 15 is 0 Å². The summed E-state index contributed by atoms with van der Waals surface area (Å²) < 4.78 is 0. The van der Waals surface area contributed by atoms with Crippen molar-refractivity contribution in [3.63, 3.8) is 0 Å². The molecule has 0 saturated carbocycles. The zero-order valence-electron chi connectivity index (χ0n) is 11.0. The Morgan fingerprint density at radius 1 is 1.00 bits per heavy atom. The predicted octanol–water partition coefficient (Wildman–Crippen LogP) is 3.17. The van der Waals surface area contributed by atoms with Crippen molar-refractivity contribution in [1.29, 1.82) is 0 Å². The van der Waals surface area contributed by atoms with E-state index in [1.54, 1.807) is 0 Å². The third kappa shape index (κ3) is 2.49. The molecule has 1 heterocycles. The highest BCUT2D eigenvalue weighted by atomic mass is 16.3. The Labute approximate surface area is 114 Å². The van der Waals surface area contributed by atoms with Crippen LogP contribution in [0.4, 0.5) is 5.69 Å². The number of aliphatic hydroxyl groups is 1. The van der Waals surface area contributed by atoms with Gasteiger partial charge in [-0.05, 0) is 23.6 Å². The van der Waals surface area contributed by atoms with Crippen molar-refractivity contribution >= 4 is 5.69 Å². The fraction of sp³-hybridized carbons (Fsp3) is 0.294. The smallest absolute Gasteiger partial charge is 0.0437 e. The number of rotatable bonds is 4. The molecule has 2 aromatic carbocycles. The quantitative estimate of drug-likeness (QED) is 0.904. The molecule has 2 nitrogen and oxygen atoms in total. The van der Waals surface area contributed by atoms with E-state index in [1.807, 2.05) is 0 Å². The summed E-state index contributed by atoms with van der Waals surface area (Å²) in [5.74, 6) is 0.463. The molecule has 1 aliphatic heterocycles. The van der Waals surface area contributed by atoms with E-state index in [4.69, 9.17) is 0 Å². The molecule has 0 radical (unpaired) electrons. The minimum atomic E-state index is 0.262. The lowest BCUT2D eigenvalue weighted by atomic mass is 9.99. The van der Waals surface area contributed by atoms with Crippen LogP contribution in [0.3, 0.4) is 0 Å². The Morgan fingerprint density at radius 2 is 1.74 bits per heavy atom. The van der Waals surface area contributed by atoms with Crippen molar-refractivity contribution in [3.8, 4) is 0 Å². The first-order valence-corrected chi connectivity index (χ1v) is 6.87. The Hall–Kier alpha value is -1.80. The summed E-state index contributed by atoms with van der Waals surface area (Å²) in [5.41, 5.74) is 4.04. The van der Waals surface area contributed by atoms with E-state index in [2.05, 4.69) is 59.5 Å². The van der Waals surface area contributed by atoms with Crippen LogP contribution in [0.25, 0.3) is 0 Å². The van der Waals surface area contributed by atoms with Gasteiger partial charge in [0, 0.05) is 31.3 Å². The molecule has 0 spiro atoms. The minimum Gasteiger partial charge on any atom is -0.396 e. The van der Waals surface area contributed by atoms with Crippen molar-refractivity contribution in [2.45, 2.75) is 18.9 Å². The zero-order valence-corrected chi connectivity index (χ0v) is 11.0. The number of aliphatic hydroxyl groups excluding tert-OH is 1. The largest absolute Gasteiger partial charge is 0.396 e. The number of hydrogen-bond acceptors (Lipinski definition) is 2. The van der Waals surface area contributed by atoms with E-state index < -0.39 is 0 Å². The summed E-state index contributed by atoms with van der Waals surface area (Å²) in [7, 11) is 0. The first-order valence-electron chi connectivity index (χ1n) is 6.87. The molecule has 1 N–H and O–H groups in total. The second kappa shape index (κ2) is 5.45. The molecule has 0 fully saturated rings. The molecule has 98 valence electrons. The molecule has 0 aliphatic carbocycles. The highest BCUT2D eigenvalue weighted by Gasteiger charge is 2.27. The van der Waals surface area contributed by atoms with Gasteiger partial charge in [-0.15, -0.1) is 0 Å². The highest BCUT2D eigenvalue weighted by Crippen LogP contribution is 2.38. The number of anilines is 1. The fourth-order valence-electron chi connectivity index (χ4n) is 2.94. The maximum atomic E-state index is 9.21. The lowest BCUT2D eigenvalue weighted by Crippen LogP contribution is -2.21. The molecule has 1 aliphatic rings. The van der Waals surface area contributed by atoms with E-state index in [9.17, 15) is 5.11 Å². The summed E-state index contributed by atoms with van der Waals surface area (Å²) in [6.45, 7) is 2.22. The Kier molecular flexibility index (Phi) is 3.51. The number of benzene rings is 2. The van der Waals surface area contributed by atoms with Crippen molar-refractivity contribution in [2.24, 2.45) is 0 Å². The summed E-state index contributed by atoms with van der Waals surface area (Å²) in [4.78, 5) is 2.42. The molecule has 0 amide bonds. The van der Waals surface area contributed by atoms with Crippen LogP contribution in [-0.2, 0) is 6.54 Å². The monoisotopic (exact) mass is 253 g/mol. The van der Waals surface area contributed by atoms with Gasteiger partial charge in [-0.2, -0.15) is 0 Å². The summed E-state index contributed by atoms with van der Waals surface area (Å²) in [6, 6.07) is 19.1. The zero-order chi connectivity index (χ0) is 13.1. The fourth-order valence-corrected chi connectivity index (χ4v) is 2.94. The van der Waals surface area contributed by atoms with Crippen LogP contribution in [0.2, 0.25) is 0 Å². The van der Waals surface area contributed by atoms with Gasteiger partial charge in [0.05, 0.1) is 0 Å². The highest BCUT2D eigenvalue weighted by molar-refractivity contribution is 5.60. The molecule has 19 heavy (non-hydrogen) atoms. The number of hydrogen-bond donors (Lipinski definition) is 1. The summed E-state index contributed by atoms with van der Waals surface area (Å²) >= 11 is 0. The van der Waals surface area contributed by atoms with E-state index in [-0.39, 0.29) is 6.61 Å². The van der Waals surface area contributed by atoms with Crippen LogP contribution in [0.5, 0.6) is 0 Å². The van der Waals surface area contributed by atoms with Gasteiger partial charge < -0.3 is 10.0 Å². The molecule has 2 heteroatoms. The predicted molar refractivity (Wildman–Crippen MR) is 78.4 cm³/mol. The average molecular weight is 253 g/mol. The third-order valence-electron chi connectivity index (χ3n) is 3.85. The lowest BCUT2D eigenvalue weighted by molar-refractivity contribution is 0.277. The van der Waals surface area contributed by atoms with Crippen molar-refractivity contribution in [1.82, 2.24) is 0 Å². The van der Waals surface area contributed by atoms with Gasteiger partial charge in [-0.1, -0.05) is 48.5 Å². The van der Waals surface area contributed by atoms with Gasteiger partial charge >= 0.3 is 0 Å². The van der Waals surface area contributed by atoms with E-state index in [1.165, 1.54) is 16.8 Å². The van der Waals surface area contributed by atoms with Crippen LogP contribution in [0, 0.1) is 0 Å². The third-order valence-corrected chi connectivity index (χ3v) is 3.85. The molecule has 0 saturated heterocycles. The topological polar surface area (TPSA) is 23.5 Å². The Bertz CT molecular complexity index is 538. The van der Waals surface area contributed by atoms with E-state index in [0.29, 0.717) is 5.92 Å². The normalized spacial score (nSPS) is 17.5. The first-order chi connectivity index (χ1) is 9.38. The molecular formula is C17H19NO. The van der Waals surface area contributed by atoms with Gasteiger partial charge in [0.25, 0.3) is 0 Å². The van der Waals surface area contributed by atoms with Crippen LogP contribution >= 0.6 is 0 Å². The van der Waals surface area contributed by atoms with Gasteiger partial charge in [-0.25, -0.2) is 0 Å². The molecule has 1 unspecified atom stereocenters. The molecular weight excluding hydrogens is 234 g/mol. The molecule has 1 atom stereocenters. The van der Waals surface area contributed by atoms with Gasteiger partial charge in [0.1, 0.15) is 0 Å². The summed E-state index contributed by atoms with van der Waals surface area (Å²) in [5, 5.41) is 9.21. The molecule has 3 rings (SSSR count). The second-order valence-corrected chi connectivity index (χ2v) is 5.13. The van der Waals surface area contributed by atoms with Crippen LogP contribution in [-0.4, -0.2) is 18.3 Å². The SMILES string of the molecule is OCCC1CN(Cc2ccccc2)c2ccccc21. The second-order valence-electron chi connectivity index (χ2n) is 5.13. The molecule has 2 aromatic rings. The van der Waals surface area contributed by atoms with Crippen molar-refractivity contribution in [3.05, 3.63) is 65.7 Å². The van der Waals surface area contributed by atoms with Gasteiger partial charge in [-0.3, -0.25) is 0 Å². The van der Waals surface area contributed by atoms with Crippen LogP contribution in [0.15, 0.2) is 54.6 Å².